The van der Waals surface area contributed by atoms with Crippen LogP contribution in [0, 0.1) is 13.8 Å². The van der Waals surface area contributed by atoms with Gasteiger partial charge in [0.25, 0.3) is 5.56 Å². The SMILES string of the molecule is CCOC(=O)[C@H](CC)Sc1nc2c(cnn2-c2ccc(C)c(C)c2)c(=O)[nH]1. The smallest absolute Gasteiger partial charge is 0.319 e. The van der Waals surface area contributed by atoms with Gasteiger partial charge in [-0.2, -0.15) is 5.10 Å². The zero-order chi connectivity index (χ0) is 19.6. The minimum atomic E-state index is -0.427. The first-order chi connectivity index (χ1) is 12.9. The Kier molecular flexibility index (Phi) is 5.65. The number of nitrogens with zero attached hydrogens (tertiary/aromatic N) is 3. The Morgan fingerprint density at radius 3 is 2.74 bits per heavy atom. The molecule has 0 aliphatic heterocycles. The van der Waals surface area contributed by atoms with E-state index in [-0.39, 0.29) is 11.5 Å². The average molecular weight is 386 g/mol. The Labute approximate surface area is 161 Å². The topological polar surface area (TPSA) is 89.9 Å². The lowest BCUT2D eigenvalue weighted by Gasteiger charge is -2.12. The van der Waals surface area contributed by atoms with Crippen LogP contribution in [0.5, 0.6) is 0 Å². The van der Waals surface area contributed by atoms with Crippen LogP contribution >= 0.6 is 11.8 Å². The molecule has 0 amide bonds. The summed E-state index contributed by atoms with van der Waals surface area (Å²) < 4.78 is 6.74. The average Bonchev–Trinajstić information content (AvgIpc) is 3.06. The van der Waals surface area contributed by atoms with Crippen molar-refractivity contribution in [3.05, 3.63) is 45.9 Å². The lowest BCUT2D eigenvalue weighted by atomic mass is 10.1. The number of hydrogen-bond donors (Lipinski definition) is 1. The molecule has 0 spiro atoms. The van der Waals surface area contributed by atoms with Crippen molar-refractivity contribution < 1.29 is 9.53 Å². The first kappa shape index (κ1) is 19.2. The molecule has 1 N–H and O–H groups in total. The molecule has 0 unspecified atom stereocenters. The normalized spacial score (nSPS) is 12.3. The van der Waals surface area contributed by atoms with E-state index >= 15 is 0 Å². The fourth-order valence-electron chi connectivity index (χ4n) is 2.67. The third-order valence-electron chi connectivity index (χ3n) is 4.33. The number of aromatic amines is 1. The van der Waals surface area contributed by atoms with E-state index in [9.17, 15) is 9.59 Å². The fourth-order valence-corrected chi connectivity index (χ4v) is 3.56. The number of carbonyl (C=O) groups excluding carboxylic acids is 1. The molecule has 1 atom stereocenters. The molecule has 2 heterocycles. The summed E-state index contributed by atoms with van der Waals surface area (Å²) in [6, 6.07) is 5.96. The highest BCUT2D eigenvalue weighted by Gasteiger charge is 2.21. The molecule has 142 valence electrons. The van der Waals surface area contributed by atoms with Gasteiger partial charge in [-0.1, -0.05) is 24.8 Å². The molecule has 3 rings (SSSR count). The van der Waals surface area contributed by atoms with Gasteiger partial charge in [-0.3, -0.25) is 9.59 Å². The van der Waals surface area contributed by atoms with Crippen LogP contribution in [0.25, 0.3) is 16.7 Å². The van der Waals surface area contributed by atoms with Gasteiger partial charge in [-0.25, -0.2) is 9.67 Å². The van der Waals surface area contributed by atoms with Gasteiger partial charge in [-0.15, -0.1) is 0 Å². The molecular weight excluding hydrogens is 364 g/mol. The maximum Gasteiger partial charge on any atom is 0.319 e. The predicted molar refractivity (Wildman–Crippen MR) is 106 cm³/mol. The van der Waals surface area contributed by atoms with Gasteiger partial charge >= 0.3 is 5.97 Å². The van der Waals surface area contributed by atoms with E-state index in [1.165, 1.54) is 23.5 Å². The second-order valence-corrected chi connectivity index (χ2v) is 7.39. The van der Waals surface area contributed by atoms with Crippen LogP contribution in [-0.4, -0.2) is 37.6 Å². The first-order valence-electron chi connectivity index (χ1n) is 8.83. The molecule has 7 nitrogen and oxygen atoms in total. The molecule has 0 bridgehead atoms. The number of esters is 1. The van der Waals surface area contributed by atoms with E-state index in [0.717, 1.165) is 11.3 Å². The highest BCUT2D eigenvalue weighted by atomic mass is 32.2. The number of thioether (sulfide) groups is 1. The van der Waals surface area contributed by atoms with Crippen molar-refractivity contribution in [3.8, 4) is 5.69 Å². The number of hydrogen-bond acceptors (Lipinski definition) is 6. The van der Waals surface area contributed by atoms with Crippen molar-refractivity contribution in [2.45, 2.75) is 44.5 Å². The lowest BCUT2D eigenvalue weighted by Crippen LogP contribution is -2.20. The summed E-state index contributed by atoms with van der Waals surface area (Å²) in [6.45, 7) is 8.04. The third-order valence-corrected chi connectivity index (χ3v) is 5.55. The van der Waals surface area contributed by atoms with Crippen LogP contribution in [0.4, 0.5) is 0 Å². The van der Waals surface area contributed by atoms with E-state index in [1.807, 2.05) is 39.0 Å². The summed E-state index contributed by atoms with van der Waals surface area (Å²) in [4.78, 5) is 31.8. The Morgan fingerprint density at radius 2 is 2.07 bits per heavy atom. The highest BCUT2D eigenvalue weighted by molar-refractivity contribution is 8.00. The number of H-pyrrole nitrogens is 1. The van der Waals surface area contributed by atoms with Crippen molar-refractivity contribution in [1.29, 1.82) is 0 Å². The molecule has 3 aromatic rings. The van der Waals surface area contributed by atoms with E-state index in [1.54, 1.807) is 11.6 Å². The summed E-state index contributed by atoms with van der Waals surface area (Å²) in [6.07, 6.45) is 2.08. The first-order valence-corrected chi connectivity index (χ1v) is 9.71. The molecule has 0 fully saturated rings. The van der Waals surface area contributed by atoms with Gasteiger partial charge in [0.05, 0.1) is 18.5 Å². The molecule has 2 aromatic heterocycles. The molecule has 0 radical (unpaired) electrons. The van der Waals surface area contributed by atoms with Crippen LogP contribution in [0.15, 0.2) is 34.3 Å². The summed E-state index contributed by atoms with van der Waals surface area (Å²) in [5.41, 5.74) is 3.32. The largest absolute Gasteiger partial charge is 0.465 e. The number of aryl methyl sites for hydroxylation is 2. The van der Waals surface area contributed by atoms with Crippen molar-refractivity contribution >= 4 is 28.8 Å². The van der Waals surface area contributed by atoms with Gasteiger partial charge in [0.1, 0.15) is 10.6 Å². The van der Waals surface area contributed by atoms with Gasteiger partial charge in [0, 0.05) is 0 Å². The Morgan fingerprint density at radius 1 is 1.30 bits per heavy atom. The van der Waals surface area contributed by atoms with Gasteiger partial charge in [0.15, 0.2) is 10.8 Å². The maximum atomic E-state index is 12.5. The molecular formula is C19H22N4O3S. The minimum Gasteiger partial charge on any atom is -0.465 e. The van der Waals surface area contributed by atoms with Crippen LogP contribution in [-0.2, 0) is 9.53 Å². The fraction of sp³-hybridized carbons (Fsp3) is 0.368. The van der Waals surface area contributed by atoms with E-state index in [0.29, 0.717) is 29.2 Å². The van der Waals surface area contributed by atoms with Gasteiger partial charge < -0.3 is 9.72 Å². The Bertz CT molecular complexity index is 1040. The summed E-state index contributed by atoms with van der Waals surface area (Å²) in [5.74, 6) is -0.310. The van der Waals surface area contributed by atoms with E-state index < -0.39 is 5.25 Å². The molecule has 27 heavy (non-hydrogen) atoms. The van der Waals surface area contributed by atoms with E-state index in [2.05, 4.69) is 15.1 Å². The second kappa shape index (κ2) is 7.96. The van der Waals surface area contributed by atoms with Crippen LogP contribution in [0.2, 0.25) is 0 Å². The molecule has 0 saturated carbocycles. The standard InChI is InChI=1S/C19H22N4O3S/c1-5-15(18(25)26-6-2)27-19-21-16-14(17(24)22-19)10-20-23(16)13-8-7-11(3)12(4)9-13/h7-10,15H,5-6H2,1-4H3,(H,21,22,24)/t15-/m0/s1. The van der Waals surface area contributed by atoms with Crippen molar-refractivity contribution in [2.75, 3.05) is 6.61 Å². The number of benzene rings is 1. The van der Waals surface area contributed by atoms with Crippen molar-refractivity contribution in [1.82, 2.24) is 19.7 Å². The van der Waals surface area contributed by atoms with Gasteiger partial charge in [-0.05, 0) is 50.5 Å². The number of nitrogens with one attached hydrogen (secondary N) is 1. The summed E-state index contributed by atoms with van der Waals surface area (Å²) in [5, 5.41) is 4.69. The van der Waals surface area contributed by atoms with Crippen LogP contribution in [0.3, 0.4) is 0 Å². The predicted octanol–water partition coefficient (Wildman–Crippen LogP) is 3.16. The number of fused-ring (bicyclic) bond motifs is 1. The van der Waals surface area contributed by atoms with Crippen molar-refractivity contribution in [3.63, 3.8) is 0 Å². The molecule has 8 heteroatoms. The zero-order valence-electron chi connectivity index (χ0n) is 15.8. The quantitative estimate of drug-likeness (QED) is 0.398. The van der Waals surface area contributed by atoms with Crippen LogP contribution < -0.4 is 5.56 Å². The van der Waals surface area contributed by atoms with Crippen molar-refractivity contribution in [2.24, 2.45) is 0 Å². The van der Waals surface area contributed by atoms with E-state index in [4.69, 9.17) is 4.74 Å². The lowest BCUT2D eigenvalue weighted by molar-refractivity contribution is -0.142. The number of ether oxygens (including phenoxy) is 1. The molecule has 1 aromatic carbocycles. The number of carbonyl (C=O) groups is 1. The monoisotopic (exact) mass is 386 g/mol. The van der Waals surface area contributed by atoms with Crippen LogP contribution in [0.1, 0.15) is 31.4 Å². The number of aromatic nitrogens is 4. The highest BCUT2D eigenvalue weighted by Crippen LogP contribution is 2.24. The summed E-state index contributed by atoms with van der Waals surface area (Å²) in [7, 11) is 0. The minimum absolute atomic E-state index is 0.281. The number of rotatable bonds is 6. The summed E-state index contributed by atoms with van der Waals surface area (Å²) >= 11 is 1.20. The van der Waals surface area contributed by atoms with Gasteiger partial charge in [0.2, 0.25) is 0 Å². The molecule has 0 saturated heterocycles. The second-order valence-electron chi connectivity index (χ2n) is 6.20. The third kappa shape index (κ3) is 3.90. The Balaban J connectivity index is 2.03. The zero-order valence-corrected chi connectivity index (χ0v) is 16.6. The Hall–Kier alpha value is -2.61. The molecule has 0 aliphatic rings. The maximum absolute atomic E-state index is 12.5. The molecule has 0 aliphatic carbocycles.